The average molecular weight is 243 g/mol. The van der Waals surface area contributed by atoms with Crippen molar-refractivity contribution in [1.82, 2.24) is 16.0 Å². The number of likely N-dealkylation sites (N-methyl/N-ethyl adjacent to an activating group) is 1. The normalized spacial score (nSPS) is 12.4. The van der Waals surface area contributed by atoms with Crippen molar-refractivity contribution < 1.29 is 4.79 Å². The smallest absolute Gasteiger partial charge is 0.222 e. The number of nitrogens with one attached hydrogen (secondary N) is 3. The third kappa shape index (κ3) is 10.3. The molecule has 1 atom stereocenters. The number of carbonyl (C=O) groups excluding carboxylic acids is 1. The quantitative estimate of drug-likeness (QED) is 0.477. The molecule has 1 unspecified atom stereocenters. The van der Waals surface area contributed by atoms with Crippen LogP contribution >= 0.6 is 0 Å². The Bertz CT molecular complexity index is 186. The summed E-state index contributed by atoms with van der Waals surface area (Å²) >= 11 is 0. The molecule has 0 aliphatic carbocycles. The first-order valence-electron chi connectivity index (χ1n) is 6.85. The van der Waals surface area contributed by atoms with Gasteiger partial charge < -0.3 is 16.0 Å². The largest absolute Gasteiger partial charge is 0.356 e. The second-order valence-electron chi connectivity index (χ2n) is 4.51. The van der Waals surface area contributed by atoms with Crippen LogP contribution in [0.25, 0.3) is 0 Å². The highest BCUT2D eigenvalue weighted by Crippen LogP contribution is 2.00. The zero-order chi connectivity index (χ0) is 12.9. The first kappa shape index (κ1) is 16.4. The van der Waals surface area contributed by atoms with Gasteiger partial charge in [0.25, 0.3) is 0 Å². The fourth-order valence-electron chi connectivity index (χ4n) is 1.46. The van der Waals surface area contributed by atoms with Crippen molar-refractivity contribution in [3.05, 3.63) is 0 Å². The van der Waals surface area contributed by atoms with Gasteiger partial charge in [0.15, 0.2) is 0 Å². The van der Waals surface area contributed by atoms with Gasteiger partial charge in [-0.1, -0.05) is 20.3 Å². The maximum absolute atomic E-state index is 11.5. The van der Waals surface area contributed by atoms with E-state index in [2.05, 4.69) is 16.0 Å². The fraction of sp³-hybridized carbons (Fsp3) is 0.923. The molecule has 4 heteroatoms. The van der Waals surface area contributed by atoms with Crippen molar-refractivity contribution in [2.75, 3.05) is 33.2 Å². The van der Waals surface area contributed by atoms with Gasteiger partial charge in [0.05, 0.1) is 0 Å². The summed E-state index contributed by atoms with van der Waals surface area (Å²) in [6, 6.07) is 0. The van der Waals surface area contributed by atoms with Gasteiger partial charge in [-0.3, -0.25) is 4.79 Å². The number of unbranched alkanes of at least 4 members (excludes halogenated alkanes) is 2. The predicted molar refractivity (Wildman–Crippen MR) is 73.1 cm³/mol. The van der Waals surface area contributed by atoms with Crippen molar-refractivity contribution >= 4 is 5.91 Å². The molecule has 17 heavy (non-hydrogen) atoms. The lowest BCUT2D eigenvalue weighted by atomic mass is 10.1. The van der Waals surface area contributed by atoms with E-state index in [-0.39, 0.29) is 11.8 Å². The van der Waals surface area contributed by atoms with E-state index in [0.717, 1.165) is 39.0 Å². The summed E-state index contributed by atoms with van der Waals surface area (Å²) in [5.74, 6) is 0.345. The van der Waals surface area contributed by atoms with Crippen LogP contribution < -0.4 is 16.0 Å². The molecule has 4 nitrogen and oxygen atoms in total. The molecule has 0 spiro atoms. The molecule has 0 rings (SSSR count). The van der Waals surface area contributed by atoms with Crippen LogP contribution in [0.5, 0.6) is 0 Å². The minimum atomic E-state index is 0.151. The van der Waals surface area contributed by atoms with E-state index in [1.165, 1.54) is 12.8 Å². The van der Waals surface area contributed by atoms with Crippen LogP contribution in [0.15, 0.2) is 0 Å². The topological polar surface area (TPSA) is 53.2 Å². The molecule has 0 radical (unpaired) electrons. The van der Waals surface area contributed by atoms with E-state index < -0.39 is 0 Å². The maximum Gasteiger partial charge on any atom is 0.222 e. The summed E-state index contributed by atoms with van der Waals surface area (Å²) in [4.78, 5) is 11.5. The monoisotopic (exact) mass is 243 g/mol. The first-order chi connectivity index (χ1) is 8.22. The van der Waals surface area contributed by atoms with Gasteiger partial charge in [-0.05, 0) is 32.9 Å². The van der Waals surface area contributed by atoms with Crippen LogP contribution in [0.2, 0.25) is 0 Å². The summed E-state index contributed by atoms with van der Waals surface area (Å²) in [7, 11) is 1.96. The SMILES string of the molecule is CCC(C)C(=O)NCCCCCNCCNC. The summed E-state index contributed by atoms with van der Waals surface area (Å²) in [5.41, 5.74) is 0. The molecule has 0 heterocycles. The van der Waals surface area contributed by atoms with E-state index in [4.69, 9.17) is 0 Å². The third-order valence-corrected chi connectivity index (χ3v) is 2.94. The summed E-state index contributed by atoms with van der Waals surface area (Å²) in [6.45, 7) is 7.95. The van der Waals surface area contributed by atoms with Crippen LogP contribution in [0.3, 0.4) is 0 Å². The summed E-state index contributed by atoms with van der Waals surface area (Å²) < 4.78 is 0. The highest BCUT2D eigenvalue weighted by atomic mass is 16.1. The predicted octanol–water partition coefficient (Wildman–Crippen LogP) is 1.13. The first-order valence-corrected chi connectivity index (χ1v) is 6.85. The molecule has 0 aromatic heterocycles. The summed E-state index contributed by atoms with van der Waals surface area (Å²) in [5, 5.41) is 9.44. The molecule has 102 valence electrons. The van der Waals surface area contributed by atoms with Crippen LogP contribution in [0.1, 0.15) is 39.5 Å². The summed E-state index contributed by atoms with van der Waals surface area (Å²) in [6.07, 6.45) is 4.35. The van der Waals surface area contributed by atoms with Crippen LogP contribution in [0.4, 0.5) is 0 Å². The second kappa shape index (κ2) is 11.9. The lowest BCUT2D eigenvalue weighted by Crippen LogP contribution is -2.29. The molecule has 0 aromatic carbocycles. The Morgan fingerprint density at radius 3 is 2.41 bits per heavy atom. The molecular formula is C13H29N3O. The van der Waals surface area contributed by atoms with Crippen molar-refractivity contribution in [3.63, 3.8) is 0 Å². The molecular weight excluding hydrogens is 214 g/mol. The van der Waals surface area contributed by atoms with E-state index in [1.807, 2.05) is 20.9 Å². The molecule has 1 amide bonds. The van der Waals surface area contributed by atoms with Gasteiger partial charge in [-0.15, -0.1) is 0 Å². The van der Waals surface area contributed by atoms with Gasteiger partial charge in [0, 0.05) is 25.6 Å². The van der Waals surface area contributed by atoms with E-state index in [1.54, 1.807) is 0 Å². The number of hydrogen-bond donors (Lipinski definition) is 3. The Morgan fingerprint density at radius 1 is 1.06 bits per heavy atom. The Morgan fingerprint density at radius 2 is 1.76 bits per heavy atom. The Kier molecular flexibility index (Phi) is 11.4. The second-order valence-corrected chi connectivity index (χ2v) is 4.51. The number of amides is 1. The number of hydrogen-bond acceptors (Lipinski definition) is 3. The lowest BCUT2D eigenvalue weighted by molar-refractivity contribution is -0.124. The van der Waals surface area contributed by atoms with Crippen LogP contribution in [-0.4, -0.2) is 39.1 Å². The highest BCUT2D eigenvalue weighted by molar-refractivity contribution is 5.78. The van der Waals surface area contributed by atoms with Crippen molar-refractivity contribution in [1.29, 1.82) is 0 Å². The van der Waals surface area contributed by atoms with Gasteiger partial charge >= 0.3 is 0 Å². The maximum atomic E-state index is 11.5. The fourth-order valence-corrected chi connectivity index (χ4v) is 1.46. The third-order valence-electron chi connectivity index (χ3n) is 2.94. The number of carbonyl (C=O) groups is 1. The van der Waals surface area contributed by atoms with Crippen LogP contribution in [-0.2, 0) is 4.79 Å². The van der Waals surface area contributed by atoms with Crippen molar-refractivity contribution in [3.8, 4) is 0 Å². The Balaban J connectivity index is 3.16. The molecule has 0 saturated carbocycles. The molecule has 0 aliphatic rings. The molecule has 3 N–H and O–H groups in total. The standard InChI is InChI=1S/C13H29N3O/c1-4-12(2)13(17)16-9-7-5-6-8-15-11-10-14-3/h12,14-15H,4-11H2,1-3H3,(H,16,17). The zero-order valence-corrected chi connectivity index (χ0v) is 11.6. The Labute approximate surface area is 106 Å². The van der Waals surface area contributed by atoms with Crippen molar-refractivity contribution in [2.24, 2.45) is 5.92 Å². The number of rotatable bonds is 11. The van der Waals surface area contributed by atoms with Gasteiger partial charge in [0.1, 0.15) is 0 Å². The molecule has 0 fully saturated rings. The van der Waals surface area contributed by atoms with Crippen molar-refractivity contribution in [2.45, 2.75) is 39.5 Å². The van der Waals surface area contributed by atoms with Crippen LogP contribution in [0, 0.1) is 5.92 Å². The molecule has 0 saturated heterocycles. The molecule has 0 aliphatic heterocycles. The molecule has 0 bridgehead atoms. The van der Waals surface area contributed by atoms with E-state index in [0.29, 0.717) is 0 Å². The van der Waals surface area contributed by atoms with Gasteiger partial charge in [-0.25, -0.2) is 0 Å². The minimum Gasteiger partial charge on any atom is -0.356 e. The van der Waals surface area contributed by atoms with E-state index in [9.17, 15) is 4.79 Å². The van der Waals surface area contributed by atoms with E-state index >= 15 is 0 Å². The van der Waals surface area contributed by atoms with Gasteiger partial charge in [-0.2, -0.15) is 0 Å². The molecule has 0 aromatic rings. The zero-order valence-electron chi connectivity index (χ0n) is 11.6. The highest BCUT2D eigenvalue weighted by Gasteiger charge is 2.08. The lowest BCUT2D eigenvalue weighted by Gasteiger charge is -2.09. The Hall–Kier alpha value is -0.610. The average Bonchev–Trinajstić information content (AvgIpc) is 2.35. The van der Waals surface area contributed by atoms with Gasteiger partial charge in [0.2, 0.25) is 5.91 Å². The minimum absolute atomic E-state index is 0.151.